The molecule has 0 aliphatic carbocycles. The average molecular weight is 336 g/mol. The van der Waals surface area contributed by atoms with E-state index in [-0.39, 0.29) is 5.91 Å². The lowest BCUT2D eigenvalue weighted by atomic mass is 10.1. The number of hydrogen-bond acceptors (Lipinski definition) is 2. The Hall–Kier alpha value is -2.29. The lowest BCUT2D eigenvalue weighted by Crippen LogP contribution is -2.25. The Kier molecular flexibility index (Phi) is 6.10. The molecule has 1 saturated heterocycles. The Morgan fingerprint density at radius 1 is 0.920 bits per heavy atom. The fraction of sp³-hybridized carbons (Fsp3) is 0.409. The molecule has 132 valence electrons. The van der Waals surface area contributed by atoms with Crippen LogP contribution in [0.25, 0.3) is 0 Å². The molecule has 0 aromatic heterocycles. The van der Waals surface area contributed by atoms with Crippen LogP contribution in [-0.4, -0.2) is 25.5 Å². The Morgan fingerprint density at radius 2 is 1.52 bits per heavy atom. The second-order valence-electron chi connectivity index (χ2n) is 6.81. The van der Waals surface area contributed by atoms with Crippen LogP contribution >= 0.6 is 0 Å². The van der Waals surface area contributed by atoms with Gasteiger partial charge in [-0.05, 0) is 61.1 Å². The van der Waals surface area contributed by atoms with Crippen LogP contribution in [0.3, 0.4) is 0 Å². The van der Waals surface area contributed by atoms with Crippen LogP contribution in [0, 0.1) is 0 Å². The van der Waals surface area contributed by atoms with Crippen molar-refractivity contribution < 1.29 is 4.79 Å². The minimum absolute atomic E-state index is 0.0109. The van der Waals surface area contributed by atoms with Crippen molar-refractivity contribution in [3.05, 3.63) is 65.2 Å². The minimum atomic E-state index is 0.0109. The minimum Gasteiger partial charge on any atom is -0.372 e. The lowest BCUT2D eigenvalue weighted by molar-refractivity contribution is 0.0954. The fourth-order valence-electron chi connectivity index (χ4n) is 3.38. The molecule has 1 aliphatic rings. The third-order valence-electron chi connectivity index (χ3n) is 4.86. The number of carbonyl (C=O) groups excluding carboxylic acids is 1. The van der Waals surface area contributed by atoms with Gasteiger partial charge in [0, 0.05) is 30.9 Å². The molecule has 1 aliphatic heterocycles. The summed E-state index contributed by atoms with van der Waals surface area (Å²) in [7, 11) is 0. The summed E-state index contributed by atoms with van der Waals surface area (Å²) in [5.41, 5.74) is 4.61. The van der Waals surface area contributed by atoms with Gasteiger partial charge >= 0.3 is 0 Å². The standard InChI is InChI=1S/C22H28N2O/c1-2-5-18-6-10-20(11-7-18)22(25)23-15-14-19-8-12-21(13-9-19)24-16-3-4-17-24/h6-13H,2-5,14-17H2,1H3,(H,23,25). The van der Waals surface area contributed by atoms with Crippen LogP contribution in [0.5, 0.6) is 0 Å². The number of anilines is 1. The number of nitrogens with one attached hydrogen (secondary N) is 1. The van der Waals surface area contributed by atoms with Crippen molar-refractivity contribution >= 4 is 11.6 Å². The van der Waals surface area contributed by atoms with E-state index in [1.165, 1.54) is 42.7 Å². The molecule has 0 unspecified atom stereocenters. The van der Waals surface area contributed by atoms with Crippen molar-refractivity contribution in [3.8, 4) is 0 Å². The number of hydrogen-bond donors (Lipinski definition) is 1. The van der Waals surface area contributed by atoms with Crippen LogP contribution in [0.1, 0.15) is 47.7 Å². The second kappa shape index (κ2) is 8.70. The maximum absolute atomic E-state index is 12.2. The van der Waals surface area contributed by atoms with Crippen LogP contribution in [-0.2, 0) is 12.8 Å². The monoisotopic (exact) mass is 336 g/mol. The van der Waals surface area contributed by atoms with Gasteiger partial charge in [-0.25, -0.2) is 0 Å². The first-order chi connectivity index (χ1) is 12.3. The molecular formula is C22H28N2O. The molecule has 0 spiro atoms. The number of benzene rings is 2. The van der Waals surface area contributed by atoms with E-state index in [2.05, 4.69) is 53.5 Å². The molecule has 0 radical (unpaired) electrons. The molecule has 1 heterocycles. The highest BCUT2D eigenvalue weighted by Crippen LogP contribution is 2.20. The van der Waals surface area contributed by atoms with Gasteiger partial charge in [0.05, 0.1) is 0 Å². The Bertz CT molecular complexity index is 670. The number of aryl methyl sites for hydroxylation is 1. The van der Waals surface area contributed by atoms with E-state index in [1.54, 1.807) is 0 Å². The first-order valence-corrected chi connectivity index (χ1v) is 9.47. The summed E-state index contributed by atoms with van der Waals surface area (Å²) in [6.07, 6.45) is 5.65. The van der Waals surface area contributed by atoms with Crippen molar-refractivity contribution in [2.24, 2.45) is 0 Å². The smallest absolute Gasteiger partial charge is 0.251 e. The van der Waals surface area contributed by atoms with Crippen LogP contribution in [0.2, 0.25) is 0 Å². The summed E-state index contributed by atoms with van der Waals surface area (Å²) in [5.74, 6) is 0.0109. The highest BCUT2D eigenvalue weighted by molar-refractivity contribution is 5.94. The number of amides is 1. The number of nitrogens with zero attached hydrogens (tertiary/aromatic N) is 1. The number of rotatable bonds is 7. The summed E-state index contributed by atoms with van der Waals surface area (Å²) in [6, 6.07) is 16.7. The van der Waals surface area contributed by atoms with Gasteiger partial charge in [0.1, 0.15) is 0 Å². The molecule has 2 aromatic carbocycles. The summed E-state index contributed by atoms with van der Waals surface area (Å²) in [4.78, 5) is 14.7. The van der Waals surface area contributed by atoms with Gasteiger partial charge < -0.3 is 10.2 Å². The van der Waals surface area contributed by atoms with E-state index < -0.39 is 0 Å². The lowest BCUT2D eigenvalue weighted by Gasteiger charge is -2.17. The summed E-state index contributed by atoms with van der Waals surface area (Å²) >= 11 is 0. The maximum atomic E-state index is 12.2. The highest BCUT2D eigenvalue weighted by atomic mass is 16.1. The van der Waals surface area contributed by atoms with Crippen LogP contribution in [0.15, 0.2) is 48.5 Å². The van der Waals surface area contributed by atoms with Crippen LogP contribution in [0.4, 0.5) is 5.69 Å². The van der Waals surface area contributed by atoms with Gasteiger partial charge in [0.2, 0.25) is 0 Å². The predicted molar refractivity (Wildman–Crippen MR) is 104 cm³/mol. The van der Waals surface area contributed by atoms with E-state index in [0.717, 1.165) is 24.8 Å². The van der Waals surface area contributed by atoms with Crippen molar-refractivity contribution in [1.29, 1.82) is 0 Å². The van der Waals surface area contributed by atoms with E-state index in [9.17, 15) is 4.79 Å². The largest absolute Gasteiger partial charge is 0.372 e. The van der Waals surface area contributed by atoms with Gasteiger partial charge in [-0.1, -0.05) is 37.6 Å². The zero-order valence-corrected chi connectivity index (χ0v) is 15.1. The normalized spacial score (nSPS) is 13.9. The third kappa shape index (κ3) is 4.85. The first-order valence-electron chi connectivity index (χ1n) is 9.47. The number of carbonyl (C=O) groups is 1. The molecule has 0 bridgehead atoms. The van der Waals surface area contributed by atoms with Crippen molar-refractivity contribution in [1.82, 2.24) is 5.32 Å². The topological polar surface area (TPSA) is 32.3 Å². The molecule has 3 nitrogen and oxygen atoms in total. The van der Waals surface area contributed by atoms with Crippen LogP contribution < -0.4 is 10.2 Å². The average Bonchev–Trinajstić information content (AvgIpc) is 3.18. The molecule has 3 heteroatoms. The summed E-state index contributed by atoms with van der Waals surface area (Å²) in [5, 5.41) is 3.02. The van der Waals surface area contributed by atoms with Gasteiger partial charge in [0.15, 0.2) is 0 Å². The Morgan fingerprint density at radius 3 is 2.16 bits per heavy atom. The third-order valence-corrected chi connectivity index (χ3v) is 4.86. The van der Waals surface area contributed by atoms with Gasteiger partial charge in [-0.3, -0.25) is 4.79 Å². The maximum Gasteiger partial charge on any atom is 0.251 e. The van der Waals surface area contributed by atoms with Gasteiger partial charge in [-0.15, -0.1) is 0 Å². The molecule has 0 saturated carbocycles. The first kappa shape index (κ1) is 17.5. The molecule has 1 fully saturated rings. The zero-order chi connectivity index (χ0) is 17.5. The molecular weight excluding hydrogens is 308 g/mol. The molecule has 0 atom stereocenters. The van der Waals surface area contributed by atoms with E-state index in [0.29, 0.717) is 6.54 Å². The van der Waals surface area contributed by atoms with Gasteiger partial charge in [0.25, 0.3) is 5.91 Å². The quantitative estimate of drug-likeness (QED) is 0.821. The van der Waals surface area contributed by atoms with Gasteiger partial charge in [-0.2, -0.15) is 0 Å². The van der Waals surface area contributed by atoms with Crippen molar-refractivity contribution in [3.63, 3.8) is 0 Å². The molecule has 3 rings (SSSR count). The molecule has 1 amide bonds. The second-order valence-corrected chi connectivity index (χ2v) is 6.81. The van der Waals surface area contributed by atoms with E-state index in [4.69, 9.17) is 0 Å². The fourth-order valence-corrected chi connectivity index (χ4v) is 3.38. The van der Waals surface area contributed by atoms with E-state index in [1.807, 2.05) is 12.1 Å². The van der Waals surface area contributed by atoms with E-state index >= 15 is 0 Å². The molecule has 2 aromatic rings. The summed E-state index contributed by atoms with van der Waals surface area (Å²) in [6.45, 7) is 5.18. The zero-order valence-electron chi connectivity index (χ0n) is 15.1. The van der Waals surface area contributed by atoms with Crippen molar-refractivity contribution in [2.75, 3.05) is 24.5 Å². The summed E-state index contributed by atoms with van der Waals surface area (Å²) < 4.78 is 0. The highest BCUT2D eigenvalue weighted by Gasteiger charge is 2.11. The van der Waals surface area contributed by atoms with Crippen molar-refractivity contribution in [2.45, 2.75) is 39.0 Å². The predicted octanol–water partition coefficient (Wildman–Crippen LogP) is 4.21. The molecule has 1 N–H and O–H groups in total. The molecule has 25 heavy (non-hydrogen) atoms. The SMILES string of the molecule is CCCc1ccc(C(=O)NCCc2ccc(N3CCCC3)cc2)cc1. The Labute approximate surface area is 151 Å². The Balaban J connectivity index is 1.46.